The first-order chi connectivity index (χ1) is 11.5. The van der Waals surface area contributed by atoms with E-state index in [1.165, 1.54) is 12.1 Å². The van der Waals surface area contributed by atoms with E-state index in [2.05, 4.69) is 19.0 Å². The minimum atomic E-state index is -0.282. The predicted molar refractivity (Wildman–Crippen MR) is 101 cm³/mol. The highest BCUT2D eigenvalue weighted by atomic mass is 35.5. The standard InChI is InChI=1S/C15H11Cl3N4OS/c16-9-3-8-6-22(5-7-1-2-19-15(23)12(7)18)24-21-13(8)14-11(9)10(17)4-20-14/h1-4,20-21H,5-6H2,(H,19,23). The number of anilines is 1. The first kappa shape index (κ1) is 16.2. The third kappa shape index (κ3) is 2.68. The molecule has 5 nitrogen and oxygen atoms in total. The molecule has 24 heavy (non-hydrogen) atoms. The van der Waals surface area contributed by atoms with Crippen LogP contribution in [0.2, 0.25) is 15.1 Å². The SMILES string of the molecule is O=c1[nH]ccc(CN2Cc3cc(Cl)c4c(Cl)c[nH]c4c3NS2)c1Cl. The number of nitrogens with one attached hydrogen (secondary N) is 3. The third-order valence-corrected chi connectivity index (χ3v) is 5.72. The Morgan fingerprint density at radius 1 is 1.21 bits per heavy atom. The molecule has 0 amide bonds. The van der Waals surface area contributed by atoms with Crippen LogP contribution in [0.25, 0.3) is 10.9 Å². The zero-order chi connectivity index (χ0) is 16.8. The van der Waals surface area contributed by atoms with Crippen molar-refractivity contribution in [1.29, 1.82) is 0 Å². The van der Waals surface area contributed by atoms with Gasteiger partial charge in [0, 0.05) is 43.0 Å². The lowest BCUT2D eigenvalue weighted by Gasteiger charge is -2.29. The average Bonchev–Trinajstić information content (AvgIpc) is 2.94. The number of benzene rings is 1. The molecular weight excluding hydrogens is 391 g/mol. The summed E-state index contributed by atoms with van der Waals surface area (Å²) in [6.45, 7) is 1.18. The van der Waals surface area contributed by atoms with Crippen molar-refractivity contribution in [1.82, 2.24) is 14.3 Å². The number of fused-ring (bicyclic) bond motifs is 3. The molecule has 0 unspecified atom stereocenters. The molecule has 124 valence electrons. The molecule has 1 aliphatic rings. The van der Waals surface area contributed by atoms with E-state index in [0.717, 1.165) is 27.7 Å². The third-order valence-electron chi connectivity index (χ3n) is 3.89. The van der Waals surface area contributed by atoms with Gasteiger partial charge in [-0.1, -0.05) is 34.8 Å². The highest BCUT2D eigenvalue weighted by Gasteiger charge is 2.23. The van der Waals surface area contributed by atoms with Crippen molar-refractivity contribution in [3.05, 3.63) is 61.1 Å². The van der Waals surface area contributed by atoms with Crippen LogP contribution in [0.5, 0.6) is 0 Å². The van der Waals surface area contributed by atoms with Crippen LogP contribution in [0.3, 0.4) is 0 Å². The first-order valence-corrected chi connectivity index (χ1v) is 8.97. The maximum absolute atomic E-state index is 11.6. The second kappa shape index (κ2) is 6.20. The highest BCUT2D eigenvalue weighted by Crippen LogP contribution is 2.42. The van der Waals surface area contributed by atoms with Crippen molar-refractivity contribution in [3.63, 3.8) is 0 Å². The zero-order valence-electron chi connectivity index (χ0n) is 12.1. The van der Waals surface area contributed by atoms with E-state index in [0.29, 0.717) is 23.1 Å². The fraction of sp³-hybridized carbons (Fsp3) is 0.133. The van der Waals surface area contributed by atoms with E-state index in [1.54, 1.807) is 18.5 Å². The molecular formula is C15H11Cl3N4OS. The summed E-state index contributed by atoms with van der Waals surface area (Å²) >= 11 is 20.1. The number of halogens is 3. The summed E-state index contributed by atoms with van der Waals surface area (Å²) in [6, 6.07) is 3.72. The van der Waals surface area contributed by atoms with E-state index in [4.69, 9.17) is 34.8 Å². The molecule has 0 spiro atoms. The summed E-state index contributed by atoms with van der Waals surface area (Å²) in [5.41, 5.74) is 3.40. The van der Waals surface area contributed by atoms with Crippen LogP contribution in [-0.4, -0.2) is 14.3 Å². The molecule has 9 heteroatoms. The Balaban J connectivity index is 1.67. The minimum absolute atomic E-state index is 0.216. The number of nitrogens with zero attached hydrogens (tertiary/aromatic N) is 1. The van der Waals surface area contributed by atoms with Gasteiger partial charge >= 0.3 is 0 Å². The molecule has 0 atom stereocenters. The fourth-order valence-electron chi connectivity index (χ4n) is 2.76. The number of aromatic amines is 2. The molecule has 1 aliphatic heterocycles. The number of pyridine rings is 1. The molecule has 0 aliphatic carbocycles. The summed E-state index contributed by atoms with van der Waals surface area (Å²) in [5, 5.41) is 2.24. The first-order valence-electron chi connectivity index (χ1n) is 7.06. The molecule has 3 heterocycles. The Bertz CT molecular complexity index is 1000. The predicted octanol–water partition coefficient (Wildman–Crippen LogP) is 4.81. The zero-order valence-corrected chi connectivity index (χ0v) is 15.2. The summed E-state index contributed by atoms with van der Waals surface area (Å²) in [5.74, 6) is 0. The Morgan fingerprint density at radius 2 is 2.04 bits per heavy atom. The van der Waals surface area contributed by atoms with Gasteiger partial charge in [0.05, 0.1) is 21.2 Å². The van der Waals surface area contributed by atoms with Crippen LogP contribution in [0.15, 0.2) is 29.3 Å². The lowest BCUT2D eigenvalue weighted by Crippen LogP contribution is -2.23. The Hall–Kier alpha value is -1.31. The Kier molecular flexibility index (Phi) is 4.18. The summed E-state index contributed by atoms with van der Waals surface area (Å²) < 4.78 is 5.38. The molecule has 2 aromatic heterocycles. The number of rotatable bonds is 2. The fourth-order valence-corrected chi connectivity index (χ4v) is 4.43. The van der Waals surface area contributed by atoms with Gasteiger partial charge in [0.2, 0.25) is 0 Å². The normalized spacial score (nSPS) is 14.6. The average molecular weight is 402 g/mol. The molecule has 0 saturated carbocycles. The van der Waals surface area contributed by atoms with Crippen molar-refractivity contribution >= 4 is 63.5 Å². The number of hydrogen-bond acceptors (Lipinski definition) is 4. The summed E-state index contributed by atoms with van der Waals surface area (Å²) in [4.78, 5) is 17.3. The molecule has 3 N–H and O–H groups in total. The lowest BCUT2D eigenvalue weighted by molar-refractivity contribution is 0.460. The second-order valence-electron chi connectivity index (χ2n) is 5.42. The van der Waals surface area contributed by atoms with Gasteiger partial charge in [0.25, 0.3) is 5.56 Å². The number of aromatic nitrogens is 2. The van der Waals surface area contributed by atoms with Crippen LogP contribution >= 0.6 is 46.9 Å². The number of hydrogen-bond donors (Lipinski definition) is 3. The van der Waals surface area contributed by atoms with Gasteiger partial charge in [-0.2, -0.15) is 0 Å². The lowest BCUT2D eigenvalue weighted by atomic mass is 10.1. The van der Waals surface area contributed by atoms with Gasteiger partial charge in [-0.15, -0.1) is 0 Å². The highest BCUT2D eigenvalue weighted by molar-refractivity contribution is 7.98. The van der Waals surface area contributed by atoms with Crippen molar-refractivity contribution in [2.45, 2.75) is 13.1 Å². The van der Waals surface area contributed by atoms with Crippen molar-refractivity contribution in [3.8, 4) is 0 Å². The molecule has 0 fully saturated rings. The molecule has 1 aromatic carbocycles. The van der Waals surface area contributed by atoms with Crippen LogP contribution in [0.4, 0.5) is 5.69 Å². The topological polar surface area (TPSA) is 63.9 Å². The quantitative estimate of drug-likeness (QED) is 0.539. The maximum Gasteiger partial charge on any atom is 0.267 e. The van der Waals surface area contributed by atoms with E-state index in [-0.39, 0.29) is 10.6 Å². The van der Waals surface area contributed by atoms with E-state index >= 15 is 0 Å². The minimum Gasteiger partial charge on any atom is -0.358 e. The molecule has 0 saturated heterocycles. The smallest absolute Gasteiger partial charge is 0.267 e. The van der Waals surface area contributed by atoms with Crippen molar-refractivity contribution < 1.29 is 0 Å². The van der Waals surface area contributed by atoms with Gasteiger partial charge in [-0.3, -0.25) is 4.79 Å². The Morgan fingerprint density at radius 3 is 2.88 bits per heavy atom. The van der Waals surface area contributed by atoms with Crippen LogP contribution in [-0.2, 0) is 13.1 Å². The monoisotopic (exact) mass is 400 g/mol. The van der Waals surface area contributed by atoms with Crippen LogP contribution in [0.1, 0.15) is 11.1 Å². The summed E-state index contributed by atoms with van der Waals surface area (Å²) in [7, 11) is 0. The van der Waals surface area contributed by atoms with Crippen LogP contribution < -0.4 is 10.3 Å². The van der Waals surface area contributed by atoms with Crippen molar-refractivity contribution in [2.75, 3.05) is 4.72 Å². The molecule has 0 radical (unpaired) electrons. The second-order valence-corrected chi connectivity index (χ2v) is 7.51. The van der Waals surface area contributed by atoms with Crippen LogP contribution in [0, 0.1) is 0 Å². The van der Waals surface area contributed by atoms with Gasteiger partial charge in [0.15, 0.2) is 0 Å². The number of H-pyrrole nitrogens is 2. The van der Waals surface area contributed by atoms with E-state index < -0.39 is 0 Å². The van der Waals surface area contributed by atoms with E-state index in [9.17, 15) is 4.79 Å². The van der Waals surface area contributed by atoms with Gasteiger partial charge in [-0.25, -0.2) is 4.31 Å². The maximum atomic E-state index is 11.6. The summed E-state index contributed by atoms with van der Waals surface area (Å²) in [6.07, 6.45) is 3.33. The molecule has 0 bridgehead atoms. The molecule has 4 rings (SSSR count). The van der Waals surface area contributed by atoms with Gasteiger partial charge in [0.1, 0.15) is 5.02 Å². The Labute approximate surface area is 156 Å². The van der Waals surface area contributed by atoms with Gasteiger partial charge in [-0.05, 0) is 23.3 Å². The van der Waals surface area contributed by atoms with Gasteiger partial charge < -0.3 is 14.7 Å². The largest absolute Gasteiger partial charge is 0.358 e. The van der Waals surface area contributed by atoms with Crippen molar-refractivity contribution in [2.24, 2.45) is 0 Å². The molecule has 3 aromatic rings. The van der Waals surface area contributed by atoms with E-state index in [1.807, 2.05) is 6.07 Å².